The summed E-state index contributed by atoms with van der Waals surface area (Å²) >= 11 is 0. The summed E-state index contributed by atoms with van der Waals surface area (Å²) in [6, 6.07) is 5.49. The molecule has 1 aliphatic heterocycles. The SMILES string of the molecule is COc1ccc(/C(N)=N/O)cc1CNN1CCCCC1. The largest absolute Gasteiger partial charge is 0.496 e. The van der Waals surface area contributed by atoms with Crippen LogP contribution >= 0.6 is 0 Å². The molecule has 1 heterocycles. The molecule has 4 N–H and O–H groups in total. The number of rotatable bonds is 5. The van der Waals surface area contributed by atoms with Gasteiger partial charge in [-0.25, -0.2) is 5.01 Å². The highest BCUT2D eigenvalue weighted by Gasteiger charge is 2.12. The quantitative estimate of drug-likeness (QED) is 0.327. The van der Waals surface area contributed by atoms with Gasteiger partial charge in [0.2, 0.25) is 0 Å². The van der Waals surface area contributed by atoms with E-state index in [4.69, 9.17) is 15.7 Å². The molecule has 1 aliphatic rings. The fourth-order valence-electron chi connectivity index (χ4n) is 2.38. The van der Waals surface area contributed by atoms with E-state index in [1.165, 1.54) is 19.3 Å². The standard InChI is InChI=1S/C14H22N4O2/c1-20-13-6-5-11(14(15)17-19)9-12(13)10-16-18-7-3-2-4-8-18/h5-6,9,16,19H,2-4,7-8,10H2,1H3,(H2,15,17). The van der Waals surface area contributed by atoms with E-state index in [-0.39, 0.29) is 5.84 Å². The van der Waals surface area contributed by atoms with Crippen molar-refractivity contribution in [1.82, 2.24) is 10.4 Å². The lowest BCUT2D eigenvalue weighted by molar-refractivity contribution is 0.150. The molecular weight excluding hydrogens is 256 g/mol. The van der Waals surface area contributed by atoms with E-state index in [0.29, 0.717) is 12.1 Å². The number of oxime groups is 1. The number of ether oxygens (including phenoxy) is 1. The molecule has 20 heavy (non-hydrogen) atoms. The monoisotopic (exact) mass is 278 g/mol. The van der Waals surface area contributed by atoms with Crippen LogP contribution in [0.3, 0.4) is 0 Å². The van der Waals surface area contributed by atoms with E-state index in [1.807, 2.05) is 12.1 Å². The van der Waals surface area contributed by atoms with Crippen molar-refractivity contribution in [3.05, 3.63) is 29.3 Å². The van der Waals surface area contributed by atoms with E-state index in [0.717, 1.165) is 24.4 Å². The molecule has 0 aromatic heterocycles. The summed E-state index contributed by atoms with van der Waals surface area (Å²) < 4.78 is 5.35. The lowest BCUT2D eigenvalue weighted by Gasteiger charge is -2.27. The normalized spacial score (nSPS) is 17.1. The van der Waals surface area contributed by atoms with Crippen molar-refractivity contribution in [1.29, 1.82) is 0 Å². The third kappa shape index (κ3) is 3.61. The molecule has 0 unspecified atom stereocenters. The van der Waals surface area contributed by atoms with Crippen LogP contribution in [0.25, 0.3) is 0 Å². The van der Waals surface area contributed by atoms with E-state index in [1.54, 1.807) is 13.2 Å². The lowest BCUT2D eigenvalue weighted by atomic mass is 10.1. The van der Waals surface area contributed by atoms with Crippen LogP contribution in [0.5, 0.6) is 5.75 Å². The molecule has 0 radical (unpaired) electrons. The van der Waals surface area contributed by atoms with Gasteiger partial charge in [0, 0.05) is 30.8 Å². The van der Waals surface area contributed by atoms with E-state index in [9.17, 15) is 0 Å². The third-order valence-electron chi connectivity index (χ3n) is 3.53. The first-order valence-electron chi connectivity index (χ1n) is 6.88. The van der Waals surface area contributed by atoms with Gasteiger partial charge >= 0.3 is 0 Å². The summed E-state index contributed by atoms with van der Waals surface area (Å²) in [5.41, 5.74) is 10.7. The summed E-state index contributed by atoms with van der Waals surface area (Å²) in [7, 11) is 1.64. The van der Waals surface area contributed by atoms with Crippen LogP contribution < -0.4 is 15.9 Å². The van der Waals surface area contributed by atoms with Gasteiger partial charge in [-0.15, -0.1) is 0 Å². The zero-order valence-electron chi connectivity index (χ0n) is 11.8. The minimum atomic E-state index is 0.104. The van der Waals surface area contributed by atoms with Gasteiger partial charge in [0.25, 0.3) is 0 Å². The maximum atomic E-state index is 8.75. The predicted molar refractivity (Wildman–Crippen MR) is 77.8 cm³/mol. The number of nitrogens with zero attached hydrogens (tertiary/aromatic N) is 2. The van der Waals surface area contributed by atoms with Gasteiger partial charge in [-0.05, 0) is 31.0 Å². The Labute approximate surface area is 119 Å². The van der Waals surface area contributed by atoms with E-state index >= 15 is 0 Å². The van der Waals surface area contributed by atoms with Crippen molar-refractivity contribution < 1.29 is 9.94 Å². The number of amidine groups is 1. The second-order valence-electron chi connectivity index (χ2n) is 4.89. The molecule has 6 nitrogen and oxygen atoms in total. The number of nitrogens with one attached hydrogen (secondary N) is 1. The van der Waals surface area contributed by atoms with Crippen LogP contribution in [-0.4, -0.2) is 36.3 Å². The summed E-state index contributed by atoms with van der Waals surface area (Å²) in [5.74, 6) is 0.899. The van der Waals surface area contributed by atoms with Gasteiger partial charge in [0.15, 0.2) is 5.84 Å². The molecule has 1 saturated heterocycles. The molecule has 0 atom stereocenters. The first-order chi connectivity index (χ1) is 9.74. The Morgan fingerprint density at radius 1 is 1.40 bits per heavy atom. The second kappa shape index (κ2) is 7.12. The number of hydrazine groups is 1. The van der Waals surface area contributed by atoms with Gasteiger partial charge in [-0.3, -0.25) is 5.43 Å². The fraction of sp³-hybridized carbons (Fsp3) is 0.500. The highest BCUT2D eigenvalue weighted by molar-refractivity contribution is 5.97. The van der Waals surface area contributed by atoms with Crippen molar-refractivity contribution >= 4 is 5.84 Å². The Bertz CT molecular complexity index is 470. The van der Waals surface area contributed by atoms with Crippen molar-refractivity contribution in [3.8, 4) is 5.75 Å². The van der Waals surface area contributed by atoms with Crippen LogP contribution in [0.15, 0.2) is 23.4 Å². The van der Waals surface area contributed by atoms with Crippen LogP contribution in [0, 0.1) is 0 Å². The topological polar surface area (TPSA) is 83.1 Å². The first kappa shape index (κ1) is 14.6. The maximum Gasteiger partial charge on any atom is 0.170 e. The summed E-state index contributed by atoms with van der Waals surface area (Å²) in [6.45, 7) is 2.81. The Morgan fingerprint density at radius 2 is 2.15 bits per heavy atom. The van der Waals surface area contributed by atoms with Crippen molar-refractivity contribution in [2.75, 3.05) is 20.2 Å². The zero-order chi connectivity index (χ0) is 14.4. The van der Waals surface area contributed by atoms with E-state index in [2.05, 4.69) is 15.6 Å². The van der Waals surface area contributed by atoms with Crippen molar-refractivity contribution in [2.24, 2.45) is 10.9 Å². The van der Waals surface area contributed by atoms with Gasteiger partial charge in [0.05, 0.1) is 7.11 Å². The van der Waals surface area contributed by atoms with E-state index < -0.39 is 0 Å². The average Bonchev–Trinajstić information content (AvgIpc) is 2.52. The fourth-order valence-corrected chi connectivity index (χ4v) is 2.38. The van der Waals surface area contributed by atoms with Crippen LogP contribution in [0.4, 0.5) is 0 Å². The maximum absolute atomic E-state index is 8.75. The Hall–Kier alpha value is -1.79. The minimum Gasteiger partial charge on any atom is -0.496 e. The number of hydrogen-bond acceptors (Lipinski definition) is 5. The first-order valence-corrected chi connectivity index (χ1v) is 6.88. The molecule has 1 aromatic rings. The molecule has 0 aliphatic carbocycles. The molecule has 0 saturated carbocycles. The van der Waals surface area contributed by atoms with Crippen LogP contribution in [0.1, 0.15) is 30.4 Å². The van der Waals surface area contributed by atoms with Gasteiger partial charge in [0.1, 0.15) is 5.75 Å². The number of piperidine rings is 1. The molecule has 2 rings (SSSR count). The molecule has 0 bridgehead atoms. The molecule has 1 fully saturated rings. The third-order valence-corrected chi connectivity index (χ3v) is 3.53. The number of methoxy groups -OCH3 is 1. The van der Waals surface area contributed by atoms with Gasteiger partial charge in [-0.2, -0.15) is 0 Å². The highest BCUT2D eigenvalue weighted by Crippen LogP contribution is 2.20. The number of hydrogen-bond donors (Lipinski definition) is 3. The number of nitrogens with two attached hydrogens (primary N) is 1. The Morgan fingerprint density at radius 3 is 2.80 bits per heavy atom. The minimum absolute atomic E-state index is 0.104. The van der Waals surface area contributed by atoms with Gasteiger partial charge < -0.3 is 15.7 Å². The molecule has 6 heteroatoms. The smallest absolute Gasteiger partial charge is 0.170 e. The van der Waals surface area contributed by atoms with Crippen molar-refractivity contribution in [2.45, 2.75) is 25.8 Å². The Kier molecular flexibility index (Phi) is 5.20. The van der Waals surface area contributed by atoms with Crippen LogP contribution in [-0.2, 0) is 6.54 Å². The van der Waals surface area contributed by atoms with Gasteiger partial charge in [-0.1, -0.05) is 11.6 Å². The second-order valence-corrected chi connectivity index (χ2v) is 4.89. The van der Waals surface area contributed by atoms with Crippen molar-refractivity contribution in [3.63, 3.8) is 0 Å². The zero-order valence-corrected chi connectivity index (χ0v) is 11.8. The lowest BCUT2D eigenvalue weighted by Crippen LogP contribution is -2.41. The van der Waals surface area contributed by atoms with Crippen LogP contribution in [0.2, 0.25) is 0 Å². The predicted octanol–water partition coefficient (Wildman–Crippen LogP) is 1.28. The molecule has 1 aromatic carbocycles. The Balaban J connectivity index is 2.07. The highest BCUT2D eigenvalue weighted by atomic mass is 16.5. The molecule has 110 valence electrons. The summed E-state index contributed by atoms with van der Waals surface area (Å²) in [5, 5.41) is 14.0. The molecular formula is C14H22N4O2. The average molecular weight is 278 g/mol. The number of benzene rings is 1. The molecule has 0 amide bonds. The summed E-state index contributed by atoms with van der Waals surface area (Å²) in [4.78, 5) is 0. The summed E-state index contributed by atoms with van der Waals surface area (Å²) in [6.07, 6.45) is 3.77. The molecule has 0 spiro atoms.